The second-order valence-corrected chi connectivity index (χ2v) is 10.7. The van der Waals surface area contributed by atoms with Crippen LogP contribution in [0.5, 0.6) is 5.75 Å². The highest BCUT2D eigenvalue weighted by atomic mass is 32.2. The van der Waals surface area contributed by atoms with E-state index < -0.39 is 10.0 Å². The molecule has 1 aliphatic rings. The first-order valence-corrected chi connectivity index (χ1v) is 13.0. The zero-order chi connectivity index (χ0) is 24.9. The van der Waals surface area contributed by atoms with Gasteiger partial charge in [0.15, 0.2) is 0 Å². The smallest absolute Gasteiger partial charge is 0.261 e. The molecule has 1 N–H and O–H groups in total. The van der Waals surface area contributed by atoms with Gasteiger partial charge in [0.1, 0.15) is 5.75 Å². The minimum absolute atomic E-state index is 0.0299. The van der Waals surface area contributed by atoms with Crippen LogP contribution in [0.4, 0.5) is 11.4 Å². The van der Waals surface area contributed by atoms with Crippen molar-refractivity contribution >= 4 is 27.3 Å². The van der Waals surface area contributed by atoms with Crippen LogP contribution in [-0.4, -0.2) is 59.7 Å². The van der Waals surface area contributed by atoms with Crippen LogP contribution in [-0.2, 0) is 26.1 Å². The Kier molecular flexibility index (Phi) is 8.43. The highest BCUT2D eigenvalue weighted by Gasteiger charge is 2.25. The molecule has 8 nitrogen and oxygen atoms in total. The number of ether oxygens (including phenoxy) is 2. The Morgan fingerprint density at radius 2 is 1.88 bits per heavy atom. The average molecular weight is 490 g/mol. The first-order chi connectivity index (χ1) is 16.1. The number of rotatable bonds is 10. The highest BCUT2D eigenvalue weighted by Crippen LogP contribution is 2.28. The molecule has 1 unspecified atom stereocenters. The Balaban J connectivity index is 1.88. The number of nitrogens with one attached hydrogen (secondary N) is 1. The van der Waals surface area contributed by atoms with Crippen LogP contribution in [0.2, 0.25) is 0 Å². The molecule has 3 rings (SSSR count). The van der Waals surface area contributed by atoms with Crippen LogP contribution in [0.25, 0.3) is 0 Å². The Morgan fingerprint density at radius 1 is 1.18 bits per heavy atom. The van der Waals surface area contributed by atoms with Gasteiger partial charge in [-0.3, -0.25) is 9.52 Å². The van der Waals surface area contributed by atoms with E-state index in [-0.39, 0.29) is 22.8 Å². The molecule has 1 aliphatic heterocycles. The van der Waals surface area contributed by atoms with E-state index in [1.54, 1.807) is 24.3 Å². The van der Waals surface area contributed by atoms with Crippen LogP contribution in [0, 0.1) is 5.92 Å². The molecule has 1 saturated heterocycles. The molecule has 1 amide bonds. The molecule has 0 aromatic heterocycles. The van der Waals surface area contributed by atoms with Gasteiger partial charge in [-0.25, -0.2) is 8.42 Å². The van der Waals surface area contributed by atoms with Crippen molar-refractivity contribution in [2.45, 2.75) is 44.2 Å². The first kappa shape index (κ1) is 25.8. The van der Waals surface area contributed by atoms with Crippen molar-refractivity contribution < 1.29 is 22.7 Å². The molecule has 1 fully saturated rings. The summed E-state index contributed by atoms with van der Waals surface area (Å²) in [5.41, 5.74) is 2.21. The van der Waals surface area contributed by atoms with Crippen LogP contribution in [0.15, 0.2) is 47.4 Å². The Morgan fingerprint density at radius 3 is 2.44 bits per heavy atom. The minimum Gasteiger partial charge on any atom is -0.497 e. The maximum absolute atomic E-state index is 13.0. The van der Waals surface area contributed by atoms with E-state index in [9.17, 15) is 13.2 Å². The number of carbonyl (C=O) groups is 1. The van der Waals surface area contributed by atoms with Crippen LogP contribution >= 0.6 is 0 Å². The largest absolute Gasteiger partial charge is 0.497 e. The fraction of sp³-hybridized carbons (Fsp3) is 0.480. The number of hydrogen-bond acceptors (Lipinski definition) is 6. The molecule has 0 saturated carbocycles. The Bertz CT molecular complexity index is 1080. The molecule has 186 valence electrons. The lowest BCUT2D eigenvalue weighted by atomic mass is 10.1. The summed E-state index contributed by atoms with van der Waals surface area (Å²) in [4.78, 5) is 16.9. The van der Waals surface area contributed by atoms with Gasteiger partial charge in [-0.1, -0.05) is 13.8 Å². The monoisotopic (exact) mass is 489 g/mol. The van der Waals surface area contributed by atoms with Gasteiger partial charge >= 0.3 is 0 Å². The normalized spacial score (nSPS) is 15.9. The van der Waals surface area contributed by atoms with E-state index >= 15 is 0 Å². The molecule has 0 spiro atoms. The van der Waals surface area contributed by atoms with Gasteiger partial charge in [0.25, 0.3) is 10.0 Å². The third-order valence-corrected chi connectivity index (χ3v) is 7.20. The first-order valence-electron chi connectivity index (χ1n) is 11.5. The number of benzene rings is 2. The molecule has 0 bridgehead atoms. The highest BCUT2D eigenvalue weighted by molar-refractivity contribution is 7.92. The van der Waals surface area contributed by atoms with Crippen molar-refractivity contribution in [1.82, 2.24) is 4.90 Å². The molecule has 1 atom stereocenters. The third kappa shape index (κ3) is 6.42. The molecule has 0 aliphatic carbocycles. The lowest BCUT2D eigenvalue weighted by Gasteiger charge is -2.29. The summed E-state index contributed by atoms with van der Waals surface area (Å²) in [5, 5.41) is 0. The Labute approximate surface area is 202 Å². The molecular weight excluding hydrogens is 454 g/mol. The maximum Gasteiger partial charge on any atom is 0.261 e. The summed E-state index contributed by atoms with van der Waals surface area (Å²) in [6, 6.07) is 11.6. The van der Waals surface area contributed by atoms with Crippen LogP contribution in [0.3, 0.4) is 0 Å². The van der Waals surface area contributed by atoms with Gasteiger partial charge in [0.05, 0.1) is 18.1 Å². The van der Waals surface area contributed by atoms with Crippen molar-refractivity contribution in [2.24, 2.45) is 5.92 Å². The van der Waals surface area contributed by atoms with Crippen molar-refractivity contribution in [3.63, 3.8) is 0 Å². The third-order valence-electron chi connectivity index (χ3n) is 5.80. The average Bonchev–Trinajstić information content (AvgIpc) is 3.31. The lowest BCUT2D eigenvalue weighted by Crippen LogP contribution is -2.39. The topological polar surface area (TPSA) is 88.2 Å². The Hall–Kier alpha value is -2.78. The molecule has 34 heavy (non-hydrogen) atoms. The summed E-state index contributed by atoms with van der Waals surface area (Å²) in [6.45, 7) is 5.38. The number of sulfonamides is 1. The summed E-state index contributed by atoms with van der Waals surface area (Å²) in [5.74, 6) is 0.475. The summed E-state index contributed by atoms with van der Waals surface area (Å²) < 4.78 is 39.4. The second kappa shape index (κ2) is 11.1. The SMILES string of the molecule is COc1ccc(S(=O)(=O)Nc2ccc(N(C)C)c(CN(CC3CCCO3)C(=O)C(C)C)c2)cc1. The number of carbonyl (C=O) groups excluding carboxylic acids is 1. The summed E-state index contributed by atoms with van der Waals surface area (Å²) in [6.07, 6.45) is 1.96. The van der Waals surface area contributed by atoms with Crippen LogP contribution < -0.4 is 14.4 Å². The second-order valence-electron chi connectivity index (χ2n) is 9.03. The van der Waals surface area contributed by atoms with E-state index in [2.05, 4.69) is 4.72 Å². The van der Waals surface area contributed by atoms with E-state index in [0.29, 0.717) is 24.5 Å². The van der Waals surface area contributed by atoms with E-state index in [1.807, 2.05) is 43.8 Å². The number of nitrogens with zero attached hydrogens (tertiary/aromatic N) is 2. The molecule has 1 heterocycles. The predicted molar refractivity (Wildman–Crippen MR) is 134 cm³/mol. The van der Waals surface area contributed by atoms with Gasteiger partial charge < -0.3 is 19.3 Å². The van der Waals surface area contributed by atoms with E-state index in [1.165, 1.54) is 19.2 Å². The van der Waals surface area contributed by atoms with Crippen LogP contribution in [0.1, 0.15) is 32.3 Å². The minimum atomic E-state index is -3.78. The van der Waals surface area contributed by atoms with Gasteiger partial charge in [-0.15, -0.1) is 0 Å². The molecule has 9 heteroatoms. The summed E-state index contributed by atoms with van der Waals surface area (Å²) >= 11 is 0. The maximum atomic E-state index is 13.0. The van der Waals surface area contributed by atoms with Crippen molar-refractivity contribution in [2.75, 3.05) is 44.0 Å². The molecular formula is C25H35N3O5S. The fourth-order valence-electron chi connectivity index (χ4n) is 4.02. The fourth-order valence-corrected chi connectivity index (χ4v) is 5.07. The van der Waals surface area contributed by atoms with Gasteiger partial charge in [0, 0.05) is 51.1 Å². The standard InChI is InChI=1S/C25H35N3O5S/c1-18(2)25(29)28(17-22-7-6-14-33-22)16-19-15-20(8-13-24(19)27(3)4)26-34(30,31)23-11-9-21(32-5)10-12-23/h8-13,15,18,22,26H,6-7,14,16-17H2,1-5H3. The lowest BCUT2D eigenvalue weighted by molar-refractivity contribution is -0.136. The molecule has 2 aromatic carbocycles. The van der Waals surface area contributed by atoms with Crippen molar-refractivity contribution in [1.29, 1.82) is 0 Å². The zero-order valence-corrected chi connectivity index (χ0v) is 21.4. The summed E-state index contributed by atoms with van der Waals surface area (Å²) in [7, 11) is 1.60. The number of amides is 1. The van der Waals surface area contributed by atoms with E-state index in [4.69, 9.17) is 9.47 Å². The van der Waals surface area contributed by atoms with E-state index in [0.717, 1.165) is 30.7 Å². The predicted octanol–water partition coefficient (Wildman–Crippen LogP) is 3.73. The van der Waals surface area contributed by atoms with Gasteiger partial charge in [-0.05, 0) is 60.9 Å². The molecule has 0 radical (unpaired) electrons. The number of hydrogen-bond donors (Lipinski definition) is 1. The molecule has 2 aromatic rings. The zero-order valence-electron chi connectivity index (χ0n) is 20.6. The number of anilines is 2. The van der Waals surface area contributed by atoms with Crippen molar-refractivity contribution in [3.05, 3.63) is 48.0 Å². The van der Waals surface area contributed by atoms with Crippen molar-refractivity contribution in [3.8, 4) is 5.75 Å². The quantitative estimate of drug-likeness (QED) is 0.547. The van der Waals surface area contributed by atoms with Gasteiger partial charge in [-0.2, -0.15) is 0 Å². The number of methoxy groups -OCH3 is 1. The van der Waals surface area contributed by atoms with Gasteiger partial charge in [0.2, 0.25) is 5.91 Å².